The van der Waals surface area contributed by atoms with Crippen LogP contribution < -0.4 is 5.73 Å². The molecule has 0 radical (unpaired) electrons. The molecule has 0 aliphatic rings. The van der Waals surface area contributed by atoms with Crippen LogP contribution in [0, 0.1) is 5.92 Å². The van der Waals surface area contributed by atoms with Crippen LogP contribution in [0.5, 0.6) is 0 Å². The van der Waals surface area contributed by atoms with Gasteiger partial charge in [0.1, 0.15) is 12.4 Å². The first-order valence-electron chi connectivity index (χ1n) is 4.02. The van der Waals surface area contributed by atoms with Gasteiger partial charge in [-0.15, -0.1) is 0 Å². The molecule has 1 atom stereocenters. The van der Waals surface area contributed by atoms with Gasteiger partial charge in [0, 0.05) is 5.92 Å². The third-order valence-corrected chi connectivity index (χ3v) is 1.60. The minimum absolute atomic E-state index is 0.213. The van der Waals surface area contributed by atoms with E-state index in [1.54, 1.807) is 0 Å². The molecule has 4 nitrogen and oxygen atoms in total. The van der Waals surface area contributed by atoms with Gasteiger partial charge >= 0.3 is 12.3 Å². The van der Waals surface area contributed by atoms with E-state index >= 15 is 0 Å². The molecule has 0 bridgehead atoms. The molecular weight excluding hydrogens is 220 g/mol. The lowest BCUT2D eigenvalue weighted by Crippen LogP contribution is -2.34. The fourth-order valence-electron chi connectivity index (χ4n) is 0.619. The SMILES string of the molecule is CC(COCC(F)(F)C(F)F)/C(N)=N/O. The van der Waals surface area contributed by atoms with Crippen molar-refractivity contribution in [1.82, 2.24) is 0 Å². The molecule has 0 fully saturated rings. The predicted molar refractivity (Wildman–Crippen MR) is 44.3 cm³/mol. The summed E-state index contributed by atoms with van der Waals surface area (Å²) in [6, 6.07) is 0. The summed E-state index contributed by atoms with van der Waals surface area (Å²) in [6.45, 7) is -0.276. The number of hydrogen-bond acceptors (Lipinski definition) is 3. The first-order valence-corrected chi connectivity index (χ1v) is 4.02. The number of nitrogens with two attached hydrogens (primary N) is 1. The Kier molecular flexibility index (Phi) is 5.34. The summed E-state index contributed by atoms with van der Waals surface area (Å²) in [7, 11) is 0. The highest BCUT2D eigenvalue weighted by Crippen LogP contribution is 2.22. The highest BCUT2D eigenvalue weighted by atomic mass is 19.3. The third-order valence-electron chi connectivity index (χ3n) is 1.60. The van der Waals surface area contributed by atoms with Crippen molar-refractivity contribution in [3.8, 4) is 0 Å². The van der Waals surface area contributed by atoms with Crippen molar-refractivity contribution in [2.24, 2.45) is 16.8 Å². The van der Waals surface area contributed by atoms with Crippen LogP contribution in [0.15, 0.2) is 5.16 Å². The number of rotatable bonds is 6. The quantitative estimate of drug-likeness (QED) is 0.238. The van der Waals surface area contributed by atoms with Crippen molar-refractivity contribution in [1.29, 1.82) is 0 Å². The van der Waals surface area contributed by atoms with E-state index < -0.39 is 24.9 Å². The van der Waals surface area contributed by atoms with Crippen molar-refractivity contribution in [2.45, 2.75) is 19.3 Å². The zero-order valence-corrected chi connectivity index (χ0v) is 7.96. The molecule has 0 aliphatic carbocycles. The second-order valence-corrected chi connectivity index (χ2v) is 3.00. The first kappa shape index (κ1) is 13.9. The first-order chi connectivity index (χ1) is 6.81. The maximum absolute atomic E-state index is 12.3. The summed E-state index contributed by atoms with van der Waals surface area (Å²) in [6.07, 6.45) is -3.77. The lowest BCUT2D eigenvalue weighted by atomic mass is 10.2. The van der Waals surface area contributed by atoms with Gasteiger partial charge in [-0.05, 0) is 0 Å². The summed E-state index contributed by atoms with van der Waals surface area (Å²) >= 11 is 0. The molecule has 0 heterocycles. The Balaban J connectivity index is 3.90. The van der Waals surface area contributed by atoms with Gasteiger partial charge in [0.15, 0.2) is 0 Å². The van der Waals surface area contributed by atoms with Crippen molar-refractivity contribution < 1.29 is 27.5 Å². The van der Waals surface area contributed by atoms with Gasteiger partial charge in [-0.1, -0.05) is 12.1 Å². The topological polar surface area (TPSA) is 67.8 Å². The summed E-state index contributed by atoms with van der Waals surface area (Å²) < 4.78 is 52.2. The van der Waals surface area contributed by atoms with E-state index in [-0.39, 0.29) is 12.4 Å². The molecule has 0 aromatic carbocycles. The Morgan fingerprint density at radius 3 is 2.47 bits per heavy atom. The van der Waals surface area contributed by atoms with Crippen molar-refractivity contribution in [2.75, 3.05) is 13.2 Å². The normalized spacial score (nSPS) is 15.7. The largest absolute Gasteiger partial charge is 0.409 e. The van der Waals surface area contributed by atoms with E-state index in [1.165, 1.54) is 6.92 Å². The molecule has 0 saturated heterocycles. The molecular formula is C7H12F4N2O2. The van der Waals surface area contributed by atoms with Crippen LogP contribution in [-0.2, 0) is 4.74 Å². The van der Waals surface area contributed by atoms with Crippen LogP contribution in [-0.4, -0.2) is 36.6 Å². The zero-order chi connectivity index (χ0) is 12.1. The van der Waals surface area contributed by atoms with Crippen LogP contribution in [0.2, 0.25) is 0 Å². The van der Waals surface area contributed by atoms with E-state index in [9.17, 15) is 17.6 Å². The highest BCUT2D eigenvalue weighted by molar-refractivity contribution is 5.81. The van der Waals surface area contributed by atoms with Crippen LogP contribution >= 0.6 is 0 Å². The highest BCUT2D eigenvalue weighted by Gasteiger charge is 2.41. The molecule has 90 valence electrons. The minimum Gasteiger partial charge on any atom is -0.409 e. The molecule has 0 spiro atoms. The monoisotopic (exact) mass is 232 g/mol. The minimum atomic E-state index is -4.18. The van der Waals surface area contributed by atoms with Gasteiger partial charge in [0.05, 0.1) is 6.61 Å². The summed E-state index contributed by atoms with van der Waals surface area (Å²) in [5.41, 5.74) is 5.11. The number of hydrogen-bond donors (Lipinski definition) is 2. The Labute approximate surface area is 83.7 Å². The van der Waals surface area contributed by atoms with Gasteiger partial charge in [0.25, 0.3) is 0 Å². The van der Waals surface area contributed by atoms with Crippen LogP contribution in [0.25, 0.3) is 0 Å². The van der Waals surface area contributed by atoms with Gasteiger partial charge in [-0.2, -0.15) is 8.78 Å². The number of nitrogens with zero attached hydrogens (tertiary/aromatic N) is 1. The Morgan fingerprint density at radius 2 is 2.07 bits per heavy atom. The van der Waals surface area contributed by atoms with E-state index in [2.05, 4.69) is 9.89 Å². The molecule has 0 saturated carbocycles. The van der Waals surface area contributed by atoms with Crippen LogP contribution in [0.3, 0.4) is 0 Å². The maximum atomic E-state index is 12.3. The fourth-order valence-corrected chi connectivity index (χ4v) is 0.619. The van der Waals surface area contributed by atoms with Crippen molar-refractivity contribution in [3.63, 3.8) is 0 Å². The van der Waals surface area contributed by atoms with Crippen molar-refractivity contribution >= 4 is 5.84 Å². The molecule has 15 heavy (non-hydrogen) atoms. The second-order valence-electron chi connectivity index (χ2n) is 3.00. The lowest BCUT2D eigenvalue weighted by molar-refractivity contribution is -0.166. The van der Waals surface area contributed by atoms with E-state index in [1.807, 2.05) is 0 Å². The second kappa shape index (κ2) is 5.74. The van der Waals surface area contributed by atoms with Gasteiger partial charge < -0.3 is 15.7 Å². The predicted octanol–water partition coefficient (Wildman–Crippen LogP) is 1.29. The van der Waals surface area contributed by atoms with Crippen LogP contribution in [0.1, 0.15) is 6.92 Å². The summed E-state index contributed by atoms with van der Waals surface area (Å²) in [5.74, 6) is -5.01. The molecule has 1 unspecified atom stereocenters. The summed E-state index contributed by atoms with van der Waals surface area (Å²) in [4.78, 5) is 0. The third kappa shape index (κ3) is 4.82. The maximum Gasteiger partial charge on any atom is 0.330 e. The molecule has 3 N–H and O–H groups in total. The Hall–Kier alpha value is -1.05. The number of halogens is 4. The van der Waals surface area contributed by atoms with Gasteiger partial charge in [0.2, 0.25) is 0 Å². The van der Waals surface area contributed by atoms with E-state index in [0.29, 0.717) is 0 Å². The van der Waals surface area contributed by atoms with E-state index in [0.717, 1.165) is 0 Å². The molecule has 0 rings (SSSR count). The standard InChI is InChI=1S/C7H12F4N2O2/c1-4(5(12)13-14)2-15-3-7(10,11)6(8)9/h4,6,14H,2-3H2,1H3,(H2,12,13). The average molecular weight is 232 g/mol. The molecule has 0 aliphatic heterocycles. The fraction of sp³-hybridized carbons (Fsp3) is 0.857. The molecule has 0 amide bonds. The number of alkyl halides is 4. The van der Waals surface area contributed by atoms with Crippen LogP contribution in [0.4, 0.5) is 17.6 Å². The summed E-state index contributed by atoms with van der Waals surface area (Å²) in [5, 5.41) is 10.8. The number of amidine groups is 1. The van der Waals surface area contributed by atoms with E-state index in [4.69, 9.17) is 10.9 Å². The Bertz CT molecular complexity index is 223. The van der Waals surface area contributed by atoms with Gasteiger partial charge in [-0.3, -0.25) is 0 Å². The van der Waals surface area contributed by atoms with Gasteiger partial charge in [-0.25, -0.2) is 8.78 Å². The number of ether oxygens (including phenoxy) is 1. The molecule has 0 aromatic heterocycles. The lowest BCUT2D eigenvalue weighted by Gasteiger charge is -2.16. The smallest absolute Gasteiger partial charge is 0.330 e. The Morgan fingerprint density at radius 1 is 1.53 bits per heavy atom. The van der Waals surface area contributed by atoms with Crippen molar-refractivity contribution in [3.05, 3.63) is 0 Å². The molecule has 0 aromatic rings. The zero-order valence-electron chi connectivity index (χ0n) is 7.96. The number of oxime groups is 1. The average Bonchev–Trinajstić information content (AvgIpc) is 2.15. The molecule has 8 heteroatoms.